The van der Waals surface area contributed by atoms with Gasteiger partial charge in [0.25, 0.3) is 0 Å². The lowest BCUT2D eigenvalue weighted by Crippen LogP contribution is -2.19. The Bertz CT molecular complexity index is 445. The average Bonchev–Trinajstić information content (AvgIpc) is 2.98. The van der Waals surface area contributed by atoms with E-state index in [0.717, 1.165) is 12.8 Å². The van der Waals surface area contributed by atoms with Crippen molar-refractivity contribution in [3.8, 4) is 17.6 Å². The lowest BCUT2D eigenvalue weighted by atomic mass is 10.0. The van der Waals surface area contributed by atoms with Crippen LogP contribution in [-0.4, -0.2) is 12.2 Å². The van der Waals surface area contributed by atoms with Gasteiger partial charge < -0.3 is 15.6 Å². The summed E-state index contributed by atoms with van der Waals surface area (Å²) in [5, 5.41) is 18.7. The molecular weight excluding hydrogens is 192 g/mol. The van der Waals surface area contributed by atoms with Crippen molar-refractivity contribution < 1.29 is 9.84 Å². The molecule has 1 aliphatic carbocycles. The third-order valence-corrected chi connectivity index (χ3v) is 2.75. The van der Waals surface area contributed by atoms with E-state index < -0.39 is 5.54 Å². The molecule has 0 amide bonds. The highest BCUT2D eigenvalue weighted by molar-refractivity contribution is 5.55. The first kappa shape index (κ1) is 9.81. The molecule has 0 aromatic heterocycles. The predicted octanol–water partition coefficient (Wildman–Crippen LogP) is 1.22. The molecule has 4 heteroatoms. The summed E-state index contributed by atoms with van der Waals surface area (Å²) in [7, 11) is 1.45. The highest BCUT2D eigenvalue weighted by atomic mass is 16.5. The van der Waals surface area contributed by atoms with Crippen LogP contribution in [-0.2, 0) is 5.54 Å². The van der Waals surface area contributed by atoms with Crippen LogP contribution in [0.3, 0.4) is 0 Å². The predicted molar refractivity (Wildman–Crippen MR) is 54.5 cm³/mol. The Morgan fingerprint density at radius 1 is 1.53 bits per heavy atom. The van der Waals surface area contributed by atoms with Gasteiger partial charge in [-0.05, 0) is 18.9 Å². The Morgan fingerprint density at radius 3 is 2.67 bits per heavy atom. The molecule has 0 atom stereocenters. The third-order valence-electron chi connectivity index (χ3n) is 2.75. The molecule has 0 heterocycles. The van der Waals surface area contributed by atoms with E-state index in [1.54, 1.807) is 6.07 Å². The van der Waals surface area contributed by atoms with Crippen molar-refractivity contribution in [2.24, 2.45) is 5.73 Å². The minimum Gasteiger partial charge on any atom is -0.504 e. The maximum Gasteiger partial charge on any atom is 0.162 e. The highest BCUT2D eigenvalue weighted by Crippen LogP contribution is 2.49. The Kier molecular flexibility index (Phi) is 2.06. The average molecular weight is 204 g/mol. The highest BCUT2D eigenvalue weighted by Gasteiger charge is 2.42. The topological polar surface area (TPSA) is 79.3 Å². The summed E-state index contributed by atoms with van der Waals surface area (Å²) >= 11 is 0. The first-order chi connectivity index (χ1) is 7.10. The number of nitrogens with zero attached hydrogens (tertiary/aromatic N) is 1. The van der Waals surface area contributed by atoms with Crippen molar-refractivity contribution in [2.45, 2.75) is 18.4 Å². The van der Waals surface area contributed by atoms with Crippen LogP contribution in [0.15, 0.2) is 12.1 Å². The molecule has 0 spiro atoms. The smallest absolute Gasteiger partial charge is 0.162 e. The quantitative estimate of drug-likeness (QED) is 0.759. The van der Waals surface area contributed by atoms with Gasteiger partial charge in [0.2, 0.25) is 0 Å². The number of rotatable bonds is 2. The van der Waals surface area contributed by atoms with Gasteiger partial charge in [-0.25, -0.2) is 0 Å². The van der Waals surface area contributed by atoms with E-state index in [1.807, 2.05) is 6.07 Å². The van der Waals surface area contributed by atoms with Gasteiger partial charge in [0, 0.05) is 17.2 Å². The van der Waals surface area contributed by atoms with Crippen molar-refractivity contribution >= 4 is 0 Å². The van der Waals surface area contributed by atoms with Gasteiger partial charge in [0.15, 0.2) is 11.5 Å². The van der Waals surface area contributed by atoms with Gasteiger partial charge in [0.1, 0.15) is 0 Å². The second-order valence-corrected chi connectivity index (χ2v) is 3.84. The molecular formula is C11H12N2O2. The van der Waals surface area contributed by atoms with Gasteiger partial charge in [-0.3, -0.25) is 0 Å². The zero-order valence-corrected chi connectivity index (χ0v) is 8.45. The lowest BCUT2D eigenvalue weighted by Gasteiger charge is -2.14. The molecule has 0 saturated heterocycles. The molecule has 1 aromatic carbocycles. The van der Waals surface area contributed by atoms with Crippen molar-refractivity contribution in [3.63, 3.8) is 0 Å². The zero-order valence-electron chi connectivity index (χ0n) is 8.45. The van der Waals surface area contributed by atoms with Gasteiger partial charge in [-0.2, -0.15) is 5.26 Å². The molecule has 1 aromatic rings. The number of ether oxygens (including phenoxy) is 1. The van der Waals surface area contributed by atoms with Crippen LogP contribution in [0.1, 0.15) is 24.0 Å². The van der Waals surface area contributed by atoms with Gasteiger partial charge in [-0.1, -0.05) is 0 Å². The standard InChI is InChI=1S/C11H12N2O2/c1-15-9-5-7(6-12)4-8(10(9)14)11(13)2-3-11/h4-5,14H,2-3,13H2,1H3. The number of hydrogen-bond donors (Lipinski definition) is 2. The van der Waals surface area contributed by atoms with Crippen LogP contribution in [0.25, 0.3) is 0 Å². The number of methoxy groups -OCH3 is 1. The Hall–Kier alpha value is -1.73. The lowest BCUT2D eigenvalue weighted by molar-refractivity contribution is 0.367. The summed E-state index contributed by atoms with van der Waals surface area (Å²) in [6, 6.07) is 5.16. The number of hydrogen-bond acceptors (Lipinski definition) is 4. The van der Waals surface area contributed by atoms with E-state index in [2.05, 4.69) is 0 Å². The summed E-state index contributed by atoms with van der Waals surface area (Å²) in [6.45, 7) is 0. The largest absolute Gasteiger partial charge is 0.504 e. The summed E-state index contributed by atoms with van der Waals surface area (Å²) in [5.41, 5.74) is 6.59. The monoisotopic (exact) mass is 204 g/mol. The number of nitriles is 1. The van der Waals surface area contributed by atoms with Gasteiger partial charge in [0.05, 0.1) is 18.7 Å². The molecule has 3 N–H and O–H groups in total. The summed E-state index contributed by atoms with van der Waals surface area (Å²) in [6.07, 6.45) is 1.66. The van der Waals surface area contributed by atoms with Crippen LogP contribution in [0.2, 0.25) is 0 Å². The number of benzene rings is 1. The third kappa shape index (κ3) is 1.51. The summed E-state index contributed by atoms with van der Waals surface area (Å²) in [5.74, 6) is 0.359. The van der Waals surface area contributed by atoms with E-state index in [1.165, 1.54) is 13.2 Å². The van der Waals surface area contributed by atoms with Crippen molar-refractivity contribution in [2.75, 3.05) is 7.11 Å². The minimum absolute atomic E-state index is 0.0523. The Morgan fingerprint density at radius 2 is 2.20 bits per heavy atom. The first-order valence-electron chi connectivity index (χ1n) is 4.71. The van der Waals surface area contributed by atoms with Gasteiger partial charge >= 0.3 is 0 Å². The molecule has 1 aliphatic rings. The maximum absolute atomic E-state index is 9.87. The van der Waals surface area contributed by atoms with E-state index in [0.29, 0.717) is 16.9 Å². The molecule has 0 unspecified atom stereocenters. The van der Waals surface area contributed by atoms with E-state index in [-0.39, 0.29) is 5.75 Å². The molecule has 1 fully saturated rings. The van der Waals surface area contributed by atoms with Crippen LogP contribution in [0.4, 0.5) is 0 Å². The van der Waals surface area contributed by atoms with E-state index >= 15 is 0 Å². The van der Waals surface area contributed by atoms with Gasteiger partial charge in [-0.15, -0.1) is 0 Å². The Labute approximate surface area is 87.9 Å². The molecule has 2 rings (SSSR count). The van der Waals surface area contributed by atoms with Crippen molar-refractivity contribution in [1.29, 1.82) is 5.26 Å². The van der Waals surface area contributed by atoms with Crippen molar-refractivity contribution in [1.82, 2.24) is 0 Å². The van der Waals surface area contributed by atoms with Crippen LogP contribution in [0.5, 0.6) is 11.5 Å². The molecule has 0 bridgehead atoms. The molecule has 1 saturated carbocycles. The zero-order chi connectivity index (χ0) is 11.1. The number of phenols is 1. The fourth-order valence-electron chi connectivity index (χ4n) is 1.61. The number of phenolic OH excluding ortho intramolecular Hbond substituents is 1. The molecule has 0 radical (unpaired) electrons. The fraction of sp³-hybridized carbons (Fsp3) is 0.364. The fourth-order valence-corrected chi connectivity index (χ4v) is 1.61. The summed E-state index contributed by atoms with van der Waals surface area (Å²) in [4.78, 5) is 0. The van der Waals surface area contributed by atoms with Crippen molar-refractivity contribution in [3.05, 3.63) is 23.3 Å². The molecule has 0 aliphatic heterocycles. The maximum atomic E-state index is 9.87. The first-order valence-corrected chi connectivity index (χ1v) is 4.71. The van der Waals surface area contributed by atoms with Crippen LogP contribution >= 0.6 is 0 Å². The molecule has 4 nitrogen and oxygen atoms in total. The second-order valence-electron chi connectivity index (χ2n) is 3.84. The normalized spacial score (nSPS) is 16.9. The number of nitrogens with two attached hydrogens (primary N) is 1. The number of aromatic hydroxyl groups is 1. The second kappa shape index (κ2) is 3.14. The SMILES string of the molecule is COc1cc(C#N)cc(C2(N)CC2)c1O. The minimum atomic E-state index is -0.468. The van der Waals surface area contributed by atoms with Crippen LogP contribution in [0, 0.1) is 11.3 Å². The van der Waals surface area contributed by atoms with Crippen LogP contribution < -0.4 is 10.5 Å². The van der Waals surface area contributed by atoms with E-state index in [9.17, 15) is 5.11 Å². The Balaban J connectivity index is 2.58. The molecule has 15 heavy (non-hydrogen) atoms. The molecule has 78 valence electrons. The summed E-state index contributed by atoms with van der Waals surface area (Å²) < 4.78 is 4.99. The van der Waals surface area contributed by atoms with E-state index in [4.69, 9.17) is 15.7 Å².